The highest BCUT2D eigenvalue weighted by Crippen LogP contribution is 2.56. The van der Waals surface area contributed by atoms with Gasteiger partial charge in [-0.15, -0.1) is 0 Å². The summed E-state index contributed by atoms with van der Waals surface area (Å²) in [4.78, 5) is 0.502. The third-order valence-electron chi connectivity index (χ3n) is 12.2. The molecular weight excluding hydrogens is 781 g/mol. The van der Waals surface area contributed by atoms with Gasteiger partial charge in [0.05, 0.1) is 37.9 Å². The van der Waals surface area contributed by atoms with Crippen LogP contribution in [0.15, 0.2) is 228 Å². The lowest BCUT2D eigenvalue weighted by molar-refractivity contribution is 0.435. The van der Waals surface area contributed by atoms with Crippen LogP contribution in [0.25, 0.3) is 49.7 Å². The first-order chi connectivity index (χ1) is 30.4. The van der Waals surface area contributed by atoms with Crippen molar-refractivity contribution in [3.8, 4) is 45.5 Å². The molecule has 2 heterocycles. The number of benzene rings is 9. The Morgan fingerprint density at radius 3 is 1.48 bits per heavy atom. The minimum atomic E-state index is -3.67. The highest BCUT2D eigenvalue weighted by Gasteiger charge is 2.45. The van der Waals surface area contributed by atoms with E-state index in [2.05, 4.69) is 126 Å². The van der Waals surface area contributed by atoms with Gasteiger partial charge in [0.15, 0.2) is 0 Å². The third kappa shape index (κ3) is 5.86. The maximum Gasteiger partial charge on any atom is 0.206 e. The van der Waals surface area contributed by atoms with E-state index in [1.165, 1.54) is 0 Å². The molecule has 0 bridgehead atoms. The molecule has 0 aliphatic carbocycles. The van der Waals surface area contributed by atoms with E-state index in [1.54, 1.807) is 36.4 Å². The Morgan fingerprint density at radius 2 is 0.903 bits per heavy atom. The molecule has 62 heavy (non-hydrogen) atoms. The normalized spacial score (nSPS) is 12.9. The fourth-order valence-corrected chi connectivity index (χ4v) is 10.6. The standard InChI is InChI=1S/C56H36N2O3S/c57-37-38-21-31-52-48(33-38)49-34-40(26-32-53(49)58(52)45-17-9-3-10-18-45)42-25-30-51-55(36-42)61-54-35-41(39-22-27-47(28-23-39)62(59,60)46-19-11-4-12-20-46)24-29-50(54)56(51,43-13-5-1-6-14-43)44-15-7-2-8-16-44/h1-36H. The zero-order valence-corrected chi connectivity index (χ0v) is 34.1. The van der Waals surface area contributed by atoms with Gasteiger partial charge in [0, 0.05) is 27.6 Å². The van der Waals surface area contributed by atoms with Crippen molar-refractivity contribution in [1.82, 2.24) is 4.57 Å². The second-order valence-corrected chi connectivity index (χ2v) is 17.5. The molecule has 5 nitrogen and oxygen atoms in total. The average Bonchev–Trinajstić information content (AvgIpc) is 3.67. The number of hydrogen-bond acceptors (Lipinski definition) is 4. The topological polar surface area (TPSA) is 72.1 Å². The summed E-state index contributed by atoms with van der Waals surface area (Å²) >= 11 is 0. The molecule has 0 unspecified atom stereocenters. The van der Waals surface area contributed by atoms with E-state index < -0.39 is 15.3 Å². The molecule has 0 amide bonds. The SMILES string of the molecule is N#Cc1ccc2c(c1)c1cc(-c3ccc4c(c3)Oc3cc(-c5ccc(S(=O)(=O)c6ccccc6)cc5)ccc3C4(c3ccccc3)c3ccccc3)ccc1n2-c1ccccc1. The lowest BCUT2D eigenvalue weighted by Crippen LogP contribution is -2.34. The van der Waals surface area contributed by atoms with Crippen LogP contribution in [-0.4, -0.2) is 13.0 Å². The van der Waals surface area contributed by atoms with E-state index in [0.29, 0.717) is 11.3 Å². The van der Waals surface area contributed by atoms with Gasteiger partial charge in [0.2, 0.25) is 9.84 Å². The maximum absolute atomic E-state index is 13.4. The number of nitrogens with zero attached hydrogens (tertiary/aromatic N) is 2. The number of ether oxygens (including phenoxy) is 1. The molecule has 0 radical (unpaired) electrons. The Kier molecular flexibility index (Phi) is 8.74. The first-order valence-corrected chi connectivity index (χ1v) is 21.9. The molecule has 1 aliphatic heterocycles. The molecule has 0 atom stereocenters. The van der Waals surface area contributed by atoms with Crippen molar-refractivity contribution in [3.63, 3.8) is 0 Å². The van der Waals surface area contributed by atoms with Crippen molar-refractivity contribution in [2.24, 2.45) is 0 Å². The smallest absolute Gasteiger partial charge is 0.206 e. The molecule has 1 aliphatic rings. The number of para-hydroxylation sites is 1. The first-order valence-electron chi connectivity index (χ1n) is 20.5. The molecule has 294 valence electrons. The zero-order valence-electron chi connectivity index (χ0n) is 33.3. The van der Waals surface area contributed by atoms with Gasteiger partial charge in [-0.25, -0.2) is 8.42 Å². The van der Waals surface area contributed by atoms with Crippen LogP contribution >= 0.6 is 0 Å². The molecule has 11 rings (SSSR count). The predicted molar refractivity (Wildman–Crippen MR) is 247 cm³/mol. The Balaban J connectivity index is 1.08. The second kappa shape index (κ2) is 14.6. The molecule has 0 fully saturated rings. The number of rotatable bonds is 7. The summed E-state index contributed by atoms with van der Waals surface area (Å²) in [7, 11) is -3.67. The monoisotopic (exact) mass is 816 g/mol. The Hall–Kier alpha value is -7.98. The van der Waals surface area contributed by atoms with Crippen LogP contribution in [0.3, 0.4) is 0 Å². The fraction of sp³-hybridized carbons (Fsp3) is 0.0179. The van der Waals surface area contributed by atoms with Gasteiger partial charge in [-0.2, -0.15) is 5.26 Å². The molecule has 6 heteroatoms. The van der Waals surface area contributed by atoms with E-state index in [-0.39, 0.29) is 9.79 Å². The van der Waals surface area contributed by atoms with Gasteiger partial charge in [-0.05, 0) is 112 Å². The Bertz CT molecular complexity index is 3450. The highest BCUT2D eigenvalue weighted by atomic mass is 32.2. The zero-order chi connectivity index (χ0) is 41.8. The van der Waals surface area contributed by atoms with Gasteiger partial charge in [-0.1, -0.05) is 140 Å². The van der Waals surface area contributed by atoms with E-state index in [4.69, 9.17) is 4.74 Å². The van der Waals surface area contributed by atoms with Gasteiger partial charge in [0.1, 0.15) is 11.5 Å². The number of sulfone groups is 1. The van der Waals surface area contributed by atoms with Gasteiger partial charge >= 0.3 is 0 Å². The second-order valence-electron chi connectivity index (χ2n) is 15.6. The number of nitriles is 1. The van der Waals surface area contributed by atoms with E-state index in [9.17, 15) is 13.7 Å². The predicted octanol–water partition coefficient (Wildman–Crippen LogP) is 13.3. The van der Waals surface area contributed by atoms with Crippen molar-refractivity contribution in [3.05, 3.63) is 246 Å². The molecule has 1 aromatic heterocycles. The molecular formula is C56H36N2O3S. The number of aromatic nitrogens is 1. The summed E-state index contributed by atoms with van der Waals surface area (Å²) in [6.07, 6.45) is 0. The van der Waals surface area contributed by atoms with Crippen molar-refractivity contribution in [2.45, 2.75) is 15.2 Å². The molecule has 0 N–H and O–H groups in total. The van der Waals surface area contributed by atoms with Gasteiger partial charge in [-0.3, -0.25) is 0 Å². The first kappa shape index (κ1) is 37.1. The van der Waals surface area contributed by atoms with Crippen LogP contribution < -0.4 is 4.74 Å². The van der Waals surface area contributed by atoms with Gasteiger partial charge < -0.3 is 9.30 Å². The quantitative estimate of drug-likeness (QED) is 0.161. The molecule has 9 aromatic carbocycles. The van der Waals surface area contributed by atoms with E-state index in [0.717, 1.165) is 77.8 Å². The summed E-state index contributed by atoms with van der Waals surface area (Å²) in [6.45, 7) is 0. The molecule has 10 aromatic rings. The van der Waals surface area contributed by atoms with Crippen LogP contribution in [0.2, 0.25) is 0 Å². The number of fused-ring (bicyclic) bond motifs is 5. The van der Waals surface area contributed by atoms with Crippen LogP contribution in [0.1, 0.15) is 27.8 Å². The average molecular weight is 817 g/mol. The summed E-state index contributed by atoms with van der Waals surface area (Å²) in [5, 5.41) is 11.9. The van der Waals surface area contributed by atoms with Gasteiger partial charge in [0.25, 0.3) is 0 Å². The Morgan fingerprint density at radius 1 is 0.452 bits per heavy atom. The third-order valence-corrected chi connectivity index (χ3v) is 14.0. The highest BCUT2D eigenvalue weighted by molar-refractivity contribution is 7.91. The lowest BCUT2D eigenvalue weighted by atomic mass is 9.63. The summed E-state index contributed by atoms with van der Waals surface area (Å²) in [5.41, 5.74) is 11.1. The van der Waals surface area contributed by atoms with E-state index in [1.807, 2.05) is 66.7 Å². The largest absolute Gasteiger partial charge is 0.457 e. The summed E-state index contributed by atoms with van der Waals surface area (Å²) in [6, 6.07) is 74.7. The van der Waals surface area contributed by atoms with Crippen molar-refractivity contribution in [1.29, 1.82) is 5.26 Å². The molecule has 0 saturated heterocycles. The maximum atomic E-state index is 13.4. The summed E-state index contributed by atoms with van der Waals surface area (Å²) in [5.74, 6) is 1.45. The van der Waals surface area contributed by atoms with Crippen molar-refractivity contribution >= 4 is 31.6 Å². The Labute approximate surface area is 359 Å². The fourth-order valence-electron chi connectivity index (χ4n) is 9.31. The minimum absolute atomic E-state index is 0.239. The van der Waals surface area contributed by atoms with Crippen LogP contribution in [0.5, 0.6) is 11.5 Å². The van der Waals surface area contributed by atoms with E-state index >= 15 is 0 Å². The number of hydrogen-bond donors (Lipinski definition) is 0. The van der Waals surface area contributed by atoms with Crippen LogP contribution in [-0.2, 0) is 15.3 Å². The summed E-state index contributed by atoms with van der Waals surface area (Å²) < 4.78 is 36.2. The van der Waals surface area contributed by atoms with Crippen molar-refractivity contribution < 1.29 is 13.2 Å². The minimum Gasteiger partial charge on any atom is -0.457 e. The molecule has 0 saturated carbocycles. The van der Waals surface area contributed by atoms with Crippen LogP contribution in [0, 0.1) is 11.3 Å². The lowest BCUT2D eigenvalue weighted by Gasteiger charge is -2.41. The molecule has 0 spiro atoms. The van der Waals surface area contributed by atoms with Crippen LogP contribution in [0.4, 0.5) is 0 Å². The van der Waals surface area contributed by atoms with Crippen molar-refractivity contribution in [2.75, 3.05) is 0 Å².